The van der Waals surface area contributed by atoms with E-state index in [1.54, 1.807) is 7.11 Å². The Bertz CT molecular complexity index is 210. The molecular formula is C13H28N2O2. The SMILES string of the molecule is CCCNCC(COC)N1CCOC(C)(C)C1. The zero-order chi connectivity index (χ0) is 12.7. The van der Waals surface area contributed by atoms with Crippen molar-refractivity contribution in [1.29, 1.82) is 0 Å². The average Bonchev–Trinajstić information content (AvgIpc) is 2.27. The summed E-state index contributed by atoms with van der Waals surface area (Å²) in [5.41, 5.74) is -0.0327. The van der Waals surface area contributed by atoms with E-state index in [1.807, 2.05) is 0 Å². The van der Waals surface area contributed by atoms with E-state index in [-0.39, 0.29) is 5.60 Å². The third-order valence-corrected chi connectivity index (χ3v) is 3.14. The molecule has 102 valence electrons. The van der Waals surface area contributed by atoms with Crippen molar-refractivity contribution in [1.82, 2.24) is 10.2 Å². The first-order chi connectivity index (χ1) is 8.09. The standard InChI is InChI=1S/C13H28N2O2/c1-5-6-14-9-12(10-16-4)15-7-8-17-13(2,3)11-15/h12,14H,5-11H2,1-4H3. The second-order valence-electron chi connectivity index (χ2n) is 5.39. The highest BCUT2D eigenvalue weighted by Crippen LogP contribution is 2.18. The maximum Gasteiger partial charge on any atom is 0.0753 e. The number of rotatable bonds is 7. The summed E-state index contributed by atoms with van der Waals surface area (Å²) in [6, 6.07) is 0.453. The fraction of sp³-hybridized carbons (Fsp3) is 1.00. The van der Waals surface area contributed by atoms with Gasteiger partial charge in [0.05, 0.1) is 18.8 Å². The summed E-state index contributed by atoms with van der Waals surface area (Å²) in [4.78, 5) is 2.48. The van der Waals surface area contributed by atoms with E-state index in [1.165, 1.54) is 6.42 Å². The molecule has 0 bridgehead atoms. The fourth-order valence-corrected chi connectivity index (χ4v) is 2.30. The molecule has 1 rings (SSSR count). The van der Waals surface area contributed by atoms with Crippen LogP contribution in [0.15, 0.2) is 0 Å². The topological polar surface area (TPSA) is 33.7 Å². The van der Waals surface area contributed by atoms with Crippen molar-refractivity contribution in [3.8, 4) is 0 Å². The normalized spacial score (nSPS) is 22.6. The Morgan fingerprint density at radius 2 is 2.24 bits per heavy atom. The molecule has 1 aliphatic heterocycles. The van der Waals surface area contributed by atoms with E-state index < -0.39 is 0 Å². The summed E-state index contributed by atoms with van der Waals surface area (Å²) in [7, 11) is 1.78. The van der Waals surface area contributed by atoms with Gasteiger partial charge in [0.1, 0.15) is 0 Å². The van der Waals surface area contributed by atoms with Gasteiger partial charge in [0, 0.05) is 32.8 Å². The van der Waals surface area contributed by atoms with Crippen molar-refractivity contribution in [2.75, 3.05) is 46.5 Å². The van der Waals surface area contributed by atoms with Gasteiger partial charge < -0.3 is 14.8 Å². The smallest absolute Gasteiger partial charge is 0.0753 e. The summed E-state index contributed by atoms with van der Waals surface area (Å²) < 4.78 is 11.1. The Kier molecular flexibility index (Phi) is 6.41. The molecule has 17 heavy (non-hydrogen) atoms. The lowest BCUT2D eigenvalue weighted by Gasteiger charge is -2.42. The summed E-state index contributed by atoms with van der Waals surface area (Å²) in [6.07, 6.45) is 1.17. The van der Waals surface area contributed by atoms with Crippen molar-refractivity contribution in [2.24, 2.45) is 0 Å². The van der Waals surface area contributed by atoms with Gasteiger partial charge in [-0.05, 0) is 26.8 Å². The molecule has 0 spiro atoms. The van der Waals surface area contributed by atoms with Gasteiger partial charge in [-0.25, -0.2) is 0 Å². The molecule has 0 aliphatic carbocycles. The number of hydrogen-bond acceptors (Lipinski definition) is 4. The molecule has 4 heteroatoms. The van der Waals surface area contributed by atoms with Crippen LogP contribution in [0.25, 0.3) is 0 Å². The summed E-state index contributed by atoms with van der Waals surface area (Å²) in [5.74, 6) is 0. The van der Waals surface area contributed by atoms with Gasteiger partial charge in [-0.15, -0.1) is 0 Å². The fourth-order valence-electron chi connectivity index (χ4n) is 2.30. The van der Waals surface area contributed by atoms with Crippen molar-refractivity contribution in [3.05, 3.63) is 0 Å². The van der Waals surface area contributed by atoms with Crippen LogP contribution in [0.1, 0.15) is 27.2 Å². The van der Waals surface area contributed by atoms with Crippen LogP contribution in [0.2, 0.25) is 0 Å². The first kappa shape index (κ1) is 14.9. The second kappa shape index (κ2) is 7.31. The molecule has 1 saturated heterocycles. The molecule has 0 saturated carbocycles. The van der Waals surface area contributed by atoms with E-state index in [4.69, 9.17) is 9.47 Å². The van der Waals surface area contributed by atoms with Crippen molar-refractivity contribution < 1.29 is 9.47 Å². The van der Waals surface area contributed by atoms with Gasteiger partial charge in [0.15, 0.2) is 0 Å². The van der Waals surface area contributed by atoms with Crippen LogP contribution in [0.4, 0.5) is 0 Å². The summed E-state index contributed by atoms with van der Waals surface area (Å²) in [5, 5.41) is 3.48. The van der Waals surface area contributed by atoms with Crippen molar-refractivity contribution in [2.45, 2.75) is 38.8 Å². The first-order valence-electron chi connectivity index (χ1n) is 6.66. The maximum atomic E-state index is 5.75. The number of nitrogens with one attached hydrogen (secondary N) is 1. The number of hydrogen-bond donors (Lipinski definition) is 1. The van der Waals surface area contributed by atoms with Crippen LogP contribution in [-0.2, 0) is 9.47 Å². The molecule has 0 amide bonds. The number of nitrogens with zero attached hydrogens (tertiary/aromatic N) is 1. The predicted molar refractivity (Wildman–Crippen MR) is 70.4 cm³/mol. The number of morpholine rings is 1. The summed E-state index contributed by atoms with van der Waals surface area (Å²) >= 11 is 0. The van der Waals surface area contributed by atoms with Gasteiger partial charge >= 0.3 is 0 Å². The molecule has 1 heterocycles. The molecule has 0 radical (unpaired) electrons. The van der Waals surface area contributed by atoms with Crippen molar-refractivity contribution in [3.63, 3.8) is 0 Å². The molecule has 1 unspecified atom stereocenters. The van der Waals surface area contributed by atoms with Gasteiger partial charge in [-0.1, -0.05) is 6.92 Å². The quantitative estimate of drug-likeness (QED) is 0.680. The monoisotopic (exact) mass is 244 g/mol. The van der Waals surface area contributed by atoms with E-state index >= 15 is 0 Å². The Morgan fingerprint density at radius 1 is 1.47 bits per heavy atom. The lowest BCUT2D eigenvalue weighted by atomic mass is 10.1. The maximum absolute atomic E-state index is 5.75. The minimum Gasteiger partial charge on any atom is -0.383 e. The minimum absolute atomic E-state index is 0.0327. The second-order valence-corrected chi connectivity index (χ2v) is 5.39. The van der Waals surface area contributed by atoms with Crippen molar-refractivity contribution >= 4 is 0 Å². The summed E-state index contributed by atoms with van der Waals surface area (Å²) in [6.45, 7) is 12.2. The largest absolute Gasteiger partial charge is 0.383 e. The highest BCUT2D eigenvalue weighted by Gasteiger charge is 2.30. The molecule has 0 aromatic carbocycles. The molecule has 1 N–H and O–H groups in total. The third-order valence-electron chi connectivity index (χ3n) is 3.14. The third kappa shape index (κ3) is 5.34. The molecule has 4 nitrogen and oxygen atoms in total. The Morgan fingerprint density at radius 3 is 2.82 bits per heavy atom. The Hall–Kier alpha value is -0.160. The molecule has 1 fully saturated rings. The van der Waals surface area contributed by atoms with E-state index in [0.717, 1.165) is 39.4 Å². The lowest BCUT2D eigenvalue weighted by molar-refractivity contribution is -0.103. The highest BCUT2D eigenvalue weighted by atomic mass is 16.5. The molecule has 0 aromatic heterocycles. The predicted octanol–water partition coefficient (Wildman–Crippen LogP) is 1.11. The zero-order valence-corrected chi connectivity index (χ0v) is 11.8. The van der Waals surface area contributed by atoms with Crippen LogP contribution < -0.4 is 5.32 Å². The highest BCUT2D eigenvalue weighted by molar-refractivity contribution is 4.84. The van der Waals surface area contributed by atoms with Crippen LogP contribution in [0.5, 0.6) is 0 Å². The molecule has 0 aromatic rings. The number of ether oxygens (including phenoxy) is 2. The Labute approximate surface area is 106 Å². The van der Waals surface area contributed by atoms with Gasteiger partial charge in [-0.2, -0.15) is 0 Å². The lowest BCUT2D eigenvalue weighted by Crippen LogP contribution is -2.55. The van der Waals surface area contributed by atoms with Crippen LogP contribution in [-0.4, -0.2) is 63.0 Å². The van der Waals surface area contributed by atoms with Gasteiger partial charge in [0.25, 0.3) is 0 Å². The zero-order valence-electron chi connectivity index (χ0n) is 11.8. The van der Waals surface area contributed by atoms with E-state index in [0.29, 0.717) is 6.04 Å². The molecule has 1 atom stereocenters. The molecule has 1 aliphatic rings. The van der Waals surface area contributed by atoms with E-state index in [9.17, 15) is 0 Å². The number of methoxy groups -OCH3 is 1. The van der Waals surface area contributed by atoms with E-state index in [2.05, 4.69) is 31.0 Å². The van der Waals surface area contributed by atoms with Crippen LogP contribution >= 0.6 is 0 Å². The van der Waals surface area contributed by atoms with Gasteiger partial charge in [-0.3, -0.25) is 4.90 Å². The van der Waals surface area contributed by atoms with Crippen LogP contribution in [0, 0.1) is 0 Å². The van der Waals surface area contributed by atoms with Crippen LogP contribution in [0.3, 0.4) is 0 Å². The average molecular weight is 244 g/mol. The van der Waals surface area contributed by atoms with Gasteiger partial charge in [0.2, 0.25) is 0 Å². The first-order valence-corrected chi connectivity index (χ1v) is 6.66. The molecular weight excluding hydrogens is 216 g/mol. The Balaban J connectivity index is 2.44. The minimum atomic E-state index is -0.0327.